The molecular weight excluding hydrogens is 156 g/mol. The van der Waals surface area contributed by atoms with Gasteiger partial charge in [-0.05, 0) is 27.2 Å². The van der Waals surface area contributed by atoms with E-state index in [1.165, 1.54) is 30.4 Å². The van der Waals surface area contributed by atoms with Gasteiger partial charge < -0.3 is 0 Å². The highest BCUT2D eigenvalue weighted by Gasteiger charge is 1.76. The molecular formula is C13H28. The van der Waals surface area contributed by atoms with Crippen LogP contribution in [0.2, 0.25) is 0 Å². The normalized spacial score (nSPS) is 7.23. The fourth-order valence-corrected chi connectivity index (χ4v) is 0.427. The lowest BCUT2D eigenvalue weighted by atomic mass is 10.2. The summed E-state index contributed by atoms with van der Waals surface area (Å²) in [7, 11) is 0. The molecule has 0 heteroatoms. The third-order valence-electron chi connectivity index (χ3n) is 0.677. The first-order chi connectivity index (χ1) is 5.92. The van der Waals surface area contributed by atoms with Gasteiger partial charge in [-0.3, -0.25) is 0 Å². The summed E-state index contributed by atoms with van der Waals surface area (Å²) >= 11 is 0. The maximum atomic E-state index is 3.74. The quantitative estimate of drug-likeness (QED) is 0.507. The Morgan fingerprint density at radius 1 is 0.923 bits per heavy atom. The molecule has 0 radical (unpaired) electrons. The lowest BCUT2D eigenvalue weighted by molar-refractivity contribution is 0.910. The minimum atomic E-state index is 1.17. The second-order valence-electron chi connectivity index (χ2n) is 3.62. The maximum Gasteiger partial charge on any atom is -0.0328 e. The first kappa shape index (κ1) is 18.3. The predicted octanol–water partition coefficient (Wildman–Crippen LogP) is 5.36. The zero-order valence-electron chi connectivity index (χ0n) is 10.5. The number of allylic oxidation sites excluding steroid dienone is 2. The Bertz CT molecular complexity index is 105. The fraction of sp³-hybridized carbons (Fsp3) is 0.692. The highest BCUT2D eigenvalue weighted by atomic mass is 13.8. The van der Waals surface area contributed by atoms with E-state index in [1.54, 1.807) is 0 Å². The Hall–Kier alpha value is -0.520. The van der Waals surface area contributed by atoms with E-state index in [-0.39, 0.29) is 0 Å². The Labute approximate surface area is 85.8 Å². The maximum absolute atomic E-state index is 3.74. The van der Waals surface area contributed by atoms with E-state index < -0.39 is 0 Å². The van der Waals surface area contributed by atoms with Crippen LogP contribution in [-0.4, -0.2) is 0 Å². The zero-order chi connectivity index (χ0) is 11.3. The average molecular weight is 184 g/mol. The van der Waals surface area contributed by atoms with Gasteiger partial charge in [-0.2, -0.15) is 0 Å². The van der Waals surface area contributed by atoms with Gasteiger partial charge in [-0.15, -0.1) is 13.2 Å². The van der Waals surface area contributed by atoms with Crippen molar-refractivity contribution < 1.29 is 0 Å². The average Bonchev–Trinajstić information content (AvgIpc) is 1.86. The third-order valence-corrected chi connectivity index (χ3v) is 0.677. The molecule has 0 aromatic rings. The standard InChI is InChI=1S/C6H12.C4H8.C3H8/c1-4-5-6(2)3;1-4(2)3;1-3-2/h2,4-5H2,1,3H3;1H2,2-3H3;3H2,1-2H3. The molecule has 0 saturated heterocycles. The number of hydrogen-bond donors (Lipinski definition) is 0. The molecule has 0 nitrogen and oxygen atoms in total. The monoisotopic (exact) mass is 184 g/mol. The molecule has 0 aromatic carbocycles. The number of rotatable bonds is 2. The van der Waals surface area contributed by atoms with Gasteiger partial charge in [0.1, 0.15) is 0 Å². The lowest BCUT2D eigenvalue weighted by Gasteiger charge is -1.87. The first-order valence-corrected chi connectivity index (χ1v) is 5.18. The van der Waals surface area contributed by atoms with E-state index >= 15 is 0 Å². The summed E-state index contributed by atoms with van der Waals surface area (Å²) in [6, 6.07) is 0. The molecule has 0 unspecified atom stereocenters. The predicted molar refractivity (Wildman–Crippen MR) is 66.2 cm³/mol. The minimum Gasteiger partial charge on any atom is -0.100 e. The van der Waals surface area contributed by atoms with E-state index in [2.05, 4.69) is 40.9 Å². The van der Waals surface area contributed by atoms with Crippen LogP contribution in [0.4, 0.5) is 0 Å². The van der Waals surface area contributed by atoms with Crippen molar-refractivity contribution in [1.82, 2.24) is 0 Å². The first-order valence-electron chi connectivity index (χ1n) is 5.18. The van der Waals surface area contributed by atoms with Crippen LogP contribution < -0.4 is 0 Å². The molecule has 0 heterocycles. The molecule has 0 aliphatic rings. The summed E-state index contributed by atoms with van der Waals surface area (Å²) in [6.07, 6.45) is 3.66. The van der Waals surface area contributed by atoms with Gasteiger partial charge >= 0.3 is 0 Å². The molecule has 0 rings (SSSR count). The van der Waals surface area contributed by atoms with Gasteiger partial charge in [0.2, 0.25) is 0 Å². The van der Waals surface area contributed by atoms with Crippen molar-refractivity contribution >= 4 is 0 Å². The van der Waals surface area contributed by atoms with Crippen molar-refractivity contribution in [3.05, 3.63) is 24.3 Å². The molecule has 80 valence electrons. The van der Waals surface area contributed by atoms with Crippen LogP contribution in [0.1, 0.15) is 60.8 Å². The van der Waals surface area contributed by atoms with Crippen LogP contribution in [0.15, 0.2) is 24.3 Å². The van der Waals surface area contributed by atoms with Crippen molar-refractivity contribution in [1.29, 1.82) is 0 Å². The highest BCUT2D eigenvalue weighted by molar-refractivity contribution is 4.86. The van der Waals surface area contributed by atoms with Crippen molar-refractivity contribution in [2.24, 2.45) is 0 Å². The Morgan fingerprint density at radius 3 is 1.15 bits per heavy atom. The van der Waals surface area contributed by atoms with Gasteiger partial charge in [0.25, 0.3) is 0 Å². The van der Waals surface area contributed by atoms with Crippen molar-refractivity contribution in [3.63, 3.8) is 0 Å². The van der Waals surface area contributed by atoms with Gasteiger partial charge in [0.05, 0.1) is 0 Å². The summed E-state index contributed by atoms with van der Waals surface area (Å²) in [4.78, 5) is 0. The van der Waals surface area contributed by atoms with E-state index in [0.29, 0.717) is 0 Å². The summed E-state index contributed by atoms with van der Waals surface area (Å²) in [5.41, 5.74) is 2.46. The van der Waals surface area contributed by atoms with E-state index in [9.17, 15) is 0 Å². The molecule has 0 saturated carbocycles. The smallest absolute Gasteiger partial charge is 0.0328 e. The van der Waals surface area contributed by atoms with Crippen LogP contribution in [0.3, 0.4) is 0 Å². The van der Waals surface area contributed by atoms with Crippen molar-refractivity contribution in [3.8, 4) is 0 Å². The van der Waals surface area contributed by atoms with Gasteiger partial charge in [-0.25, -0.2) is 0 Å². The zero-order valence-corrected chi connectivity index (χ0v) is 10.5. The van der Waals surface area contributed by atoms with Crippen LogP contribution in [0.25, 0.3) is 0 Å². The van der Waals surface area contributed by atoms with Crippen molar-refractivity contribution in [2.75, 3.05) is 0 Å². The molecule has 0 amide bonds. The highest BCUT2D eigenvalue weighted by Crippen LogP contribution is 1.96. The van der Waals surface area contributed by atoms with Crippen molar-refractivity contribution in [2.45, 2.75) is 60.8 Å². The Balaban J connectivity index is -0.000000125. The lowest BCUT2D eigenvalue weighted by Crippen LogP contribution is -1.66. The largest absolute Gasteiger partial charge is 0.100 e. The molecule has 0 atom stereocenters. The fourth-order valence-electron chi connectivity index (χ4n) is 0.427. The molecule has 0 aliphatic heterocycles. The molecule has 0 aromatic heterocycles. The molecule has 0 spiro atoms. The second-order valence-corrected chi connectivity index (χ2v) is 3.62. The number of hydrogen-bond acceptors (Lipinski definition) is 0. The summed E-state index contributed by atoms with van der Waals surface area (Å²) in [6.45, 7) is 19.7. The van der Waals surface area contributed by atoms with Crippen LogP contribution in [-0.2, 0) is 0 Å². The van der Waals surface area contributed by atoms with Gasteiger partial charge in [0.15, 0.2) is 0 Å². The Morgan fingerprint density at radius 2 is 1.15 bits per heavy atom. The third kappa shape index (κ3) is 168. The van der Waals surface area contributed by atoms with Crippen LogP contribution in [0.5, 0.6) is 0 Å². The van der Waals surface area contributed by atoms with E-state index in [4.69, 9.17) is 0 Å². The van der Waals surface area contributed by atoms with E-state index in [0.717, 1.165) is 0 Å². The topological polar surface area (TPSA) is 0 Å². The second kappa shape index (κ2) is 17.5. The molecule has 0 fully saturated rings. The summed E-state index contributed by atoms with van der Waals surface area (Å²) in [5, 5.41) is 0. The Kier molecular flexibility index (Phi) is 24.7. The summed E-state index contributed by atoms with van der Waals surface area (Å²) in [5.74, 6) is 0. The van der Waals surface area contributed by atoms with Crippen LogP contribution >= 0.6 is 0 Å². The molecule has 0 bridgehead atoms. The minimum absolute atomic E-state index is 1.17. The van der Waals surface area contributed by atoms with Gasteiger partial charge in [-0.1, -0.05) is 44.8 Å². The van der Waals surface area contributed by atoms with Crippen LogP contribution in [0, 0.1) is 0 Å². The molecule has 13 heavy (non-hydrogen) atoms. The van der Waals surface area contributed by atoms with E-state index in [1.807, 2.05) is 13.8 Å². The SMILES string of the molecule is C=C(C)C.C=C(C)CCC.CCC. The van der Waals surface area contributed by atoms with Gasteiger partial charge in [0, 0.05) is 0 Å². The summed E-state index contributed by atoms with van der Waals surface area (Å²) < 4.78 is 0. The molecule has 0 aliphatic carbocycles. The molecule has 0 N–H and O–H groups in total.